The molecule has 6 heteroatoms. The van der Waals surface area contributed by atoms with Crippen molar-refractivity contribution in [1.82, 2.24) is 19.9 Å². The second-order valence-electron chi connectivity index (χ2n) is 6.53. The Morgan fingerprint density at radius 2 is 1.70 bits per heavy atom. The molecule has 126 valence electrons. The molecule has 0 amide bonds. The van der Waals surface area contributed by atoms with E-state index in [1.807, 2.05) is 42.7 Å². The molecular weight excluding hydrogens is 306 g/mol. The molecule has 5 nitrogen and oxygen atoms in total. The zero-order chi connectivity index (χ0) is 17.1. The first-order valence-corrected chi connectivity index (χ1v) is 8.77. The first kappa shape index (κ1) is 17.8. The van der Waals surface area contributed by atoms with Gasteiger partial charge in [0.15, 0.2) is 0 Å². The minimum Gasteiger partial charge on any atom is -0.347 e. The summed E-state index contributed by atoms with van der Waals surface area (Å²) in [6.07, 6.45) is 3.81. The predicted molar refractivity (Wildman–Crippen MR) is 97.2 cm³/mol. The largest absolute Gasteiger partial charge is 0.347 e. The fourth-order valence-corrected chi connectivity index (χ4v) is 3.54. The molecule has 0 aliphatic carbocycles. The van der Waals surface area contributed by atoms with E-state index in [0.29, 0.717) is 12.0 Å². The lowest BCUT2D eigenvalue weighted by Crippen LogP contribution is -2.22. The van der Waals surface area contributed by atoms with Gasteiger partial charge in [-0.15, -0.1) is 11.3 Å². The third-order valence-corrected chi connectivity index (χ3v) is 5.54. The van der Waals surface area contributed by atoms with E-state index >= 15 is 0 Å². The van der Waals surface area contributed by atoms with E-state index in [1.165, 1.54) is 9.88 Å². The van der Waals surface area contributed by atoms with Crippen LogP contribution in [0.3, 0.4) is 0 Å². The summed E-state index contributed by atoms with van der Waals surface area (Å²) < 4.78 is 0. The van der Waals surface area contributed by atoms with E-state index in [2.05, 4.69) is 49.6 Å². The number of nitrogens with zero attached hydrogens (tertiary/aromatic N) is 5. The molecule has 0 spiro atoms. The van der Waals surface area contributed by atoms with Crippen LogP contribution in [0.25, 0.3) is 0 Å². The summed E-state index contributed by atoms with van der Waals surface area (Å²) in [7, 11) is 6.03. The zero-order valence-electron chi connectivity index (χ0n) is 15.2. The van der Waals surface area contributed by atoms with Crippen molar-refractivity contribution in [2.45, 2.75) is 46.2 Å². The van der Waals surface area contributed by atoms with E-state index in [9.17, 15) is 0 Å². The highest BCUT2D eigenvalue weighted by Gasteiger charge is 2.19. The molecule has 0 radical (unpaired) electrons. The van der Waals surface area contributed by atoms with Gasteiger partial charge in [-0.2, -0.15) is 0 Å². The van der Waals surface area contributed by atoms with Crippen LogP contribution in [0.5, 0.6) is 0 Å². The fraction of sp³-hybridized carbons (Fsp3) is 0.588. The Morgan fingerprint density at radius 1 is 1.09 bits per heavy atom. The van der Waals surface area contributed by atoms with Crippen molar-refractivity contribution in [2.24, 2.45) is 0 Å². The number of hydrogen-bond acceptors (Lipinski definition) is 6. The first-order chi connectivity index (χ1) is 10.8. The summed E-state index contributed by atoms with van der Waals surface area (Å²) in [6, 6.07) is 0.327. The topological polar surface area (TPSA) is 45.2 Å². The number of thiazole rings is 1. The quantitative estimate of drug-likeness (QED) is 0.808. The fourth-order valence-electron chi connectivity index (χ4n) is 2.35. The Bertz CT molecular complexity index is 633. The first-order valence-electron chi connectivity index (χ1n) is 7.95. The molecule has 0 bridgehead atoms. The van der Waals surface area contributed by atoms with Crippen LogP contribution < -0.4 is 4.90 Å². The Balaban J connectivity index is 2.09. The van der Waals surface area contributed by atoms with Gasteiger partial charge in [-0.3, -0.25) is 4.90 Å². The highest BCUT2D eigenvalue weighted by atomic mass is 32.1. The van der Waals surface area contributed by atoms with Crippen LogP contribution in [-0.4, -0.2) is 41.0 Å². The second-order valence-corrected chi connectivity index (χ2v) is 7.60. The van der Waals surface area contributed by atoms with Crippen LogP contribution in [0.1, 0.15) is 53.9 Å². The highest BCUT2D eigenvalue weighted by molar-refractivity contribution is 7.11. The summed E-state index contributed by atoms with van der Waals surface area (Å²) in [4.78, 5) is 19.1. The molecule has 0 aliphatic rings. The Morgan fingerprint density at radius 3 is 2.17 bits per heavy atom. The average Bonchev–Trinajstić information content (AvgIpc) is 2.89. The van der Waals surface area contributed by atoms with Crippen LogP contribution in [-0.2, 0) is 6.54 Å². The van der Waals surface area contributed by atoms with E-state index in [-0.39, 0.29) is 0 Å². The summed E-state index contributed by atoms with van der Waals surface area (Å²) >= 11 is 1.83. The Labute approximate surface area is 143 Å². The van der Waals surface area contributed by atoms with Crippen LogP contribution in [0.15, 0.2) is 12.4 Å². The third kappa shape index (κ3) is 4.26. The van der Waals surface area contributed by atoms with Gasteiger partial charge in [-0.05, 0) is 20.9 Å². The molecule has 1 atom stereocenters. The van der Waals surface area contributed by atoms with E-state index in [4.69, 9.17) is 4.98 Å². The smallest absolute Gasteiger partial charge is 0.224 e. The summed E-state index contributed by atoms with van der Waals surface area (Å²) in [5.74, 6) is 1.22. The lowest BCUT2D eigenvalue weighted by atomic mass is 10.2. The maximum absolute atomic E-state index is 4.71. The van der Waals surface area contributed by atoms with Crippen molar-refractivity contribution in [3.05, 3.63) is 33.5 Å². The summed E-state index contributed by atoms with van der Waals surface area (Å²) in [5.41, 5.74) is 2.27. The van der Waals surface area contributed by atoms with Gasteiger partial charge in [0.05, 0.1) is 10.7 Å². The molecule has 2 rings (SSSR count). The zero-order valence-corrected chi connectivity index (χ0v) is 16.0. The number of aryl methyl sites for hydroxylation is 1. The molecule has 2 heterocycles. The summed E-state index contributed by atoms with van der Waals surface area (Å²) in [5, 5.41) is 1.22. The van der Waals surface area contributed by atoms with Gasteiger partial charge in [-0.1, -0.05) is 13.8 Å². The third-order valence-electron chi connectivity index (χ3n) is 3.91. The van der Waals surface area contributed by atoms with Gasteiger partial charge in [-0.25, -0.2) is 15.0 Å². The standard InChI is InChI=1S/C17H27N5S/c1-11(2)16-20-12(3)15(23-16)13(4)22(7)10-14-8-18-17(19-9-14)21(5)6/h8-9,11,13H,10H2,1-7H3/t13-/m1/s1. The highest BCUT2D eigenvalue weighted by Crippen LogP contribution is 2.32. The van der Waals surface area contributed by atoms with Gasteiger partial charge in [0.2, 0.25) is 5.95 Å². The van der Waals surface area contributed by atoms with E-state index < -0.39 is 0 Å². The molecule has 0 saturated carbocycles. The maximum Gasteiger partial charge on any atom is 0.224 e. The van der Waals surface area contributed by atoms with Gasteiger partial charge < -0.3 is 4.90 Å². The molecule has 2 aromatic rings. The molecule has 23 heavy (non-hydrogen) atoms. The predicted octanol–water partition coefficient (Wildman–Crippen LogP) is 3.62. The number of hydrogen-bond donors (Lipinski definition) is 0. The molecule has 0 fully saturated rings. The van der Waals surface area contributed by atoms with Crippen molar-refractivity contribution in [3.8, 4) is 0 Å². The number of anilines is 1. The van der Waals surface area contributed by atoms with Crippen LogP contribution >= 0.6 is 11.3 Å². The van der Waals surface area contributed by atoms with Gasteiger partial charge in [0.25, 0.3) is 0 Å². The monoisotopic (exact) mass is 333 g/mol. The minimum atomic E-state index is 0.327. The van der Waals surface area contributed by atoms with Crippen molar-refractivity contribution in [2.75, 3.05) is 26.0 Å². The average molecular weight is 334 g/mol. The van der Waals surface area contributed by atoms with Gasteiger partial charge in [0, 0.05) is 55.4 Å². The van der Waals surface area contributed by atoms with E-state index in [1.54, 1.807) is 0 Å². The Hall–Kier alpha value is -1.53. The van der Waals surface area contributed by atoms with Crippen LogP contribution in [0, 0.1) is 6.92 Å². The van der Waals surface area contributed by atoms with Crippen molar-refractivity contribution >= 4 is 17.3 Å². The van der Waals surface area contributed by atoms with Crippen molar-refractivity contribution in [3.63, 3.8) is 0 Å². The van der Waals surface area contributed by atoms with Crippen LogP contribution in [0.2, 0.25) is 0 Å². The number of rotatable bonds is 6. The molecule has 0 unspecified atom stereocenters. The molecular formula is C17H27N5S. The SMILES string of the molecule is Cc1nc(C(C)C)sc1[C@@H](C)N(C)Cc1cnc(N(C)C)nc1. The van der Waals surface area contributed by atoms with Crippen LogP contribution in [0.4, 0.5) is 5.95 Å². The van der Waals surface area contributed by atoms with Crippen molar-refractivity contribution in [1.29, 1.82) is 0 Å². The Kier molecular flexibility index (Phi) is 5.70. The second kappa shape index (κ2) is 7.36. The minimum absolute atomic E-state index is 0.327. The molecule has 2 aromatic heterocycles. The lowest BCUT2D eigenvalue weighted by molar-refractivity contribution is 0.255. The molecule has 0 saturated heterocycles. The molecule has 0 aliphatic heterocycles. The van der Waals surface area contributed by atoms with E-state index in [0.717, 1.165) is 23.8 Å². The maximum atomic E-state index is 4.71. The van der Waals surface area contributed by atoms with Crippen molar-refractivity contribution < 1.29 is 0 Å². The normalized spacial score (nSPS) is 12.9. The lowest BCUT2D eigenvalue weighted by Gasteiger charge is -2.24. The summed E-state index contributed by atoms with van der Waals surface area (Å²) in [6.45, 7) is 9.56. The molecule has 0 N–H and O–H groups in total. The molecule has 0 aromatic carbocycles. The van der Waals surface area contributed by atoms with Gasteiger partial charge in [0.1, 0.15) is 0 Å². The van der Waals surface area contributed by atoms with Gasteiger partial charge >= 0.3 is 0 Å². The number of aromatic nitrogens is 3.